The summed E-state index contributed by atoms with van der Waals surface area (Å²) < 4.78 is 0. The molecule has 0 bridgehead atoms. The summed E-state index contributed by atoms with van der Waals surface area (Å²) in [5, 5.41) is 0.776. The highest BCUT2D eigenvalue weighted by Gasteiger charge is 2.01. The molecule has 0 fully saturated rings. The van der Waals surface area contributed by atoms with Gasteiger partial charge in [0.15, 0.2) is 0 Å². The van der Waals surface area contributed by atoms with Gasteiger partial charge in [-0.2, -0.15) is 0 Å². The molecule has 0 aromatic heterocycles. The molecule has 1 aromatic rings. The zero-order chi connectivity index (χ0) is 9.14. The smallest absolute Gasteiger partial charge is 0.0499 e. The summed E-state index contributed by atoms with van der Waals surface area (Å²) >= 11 is 6.02. The number of halogens is 1. The predicted molar refractivity (Wildman–Crippen MR) is 54.3 cm³/mol. The molecule has 0 N–H and O–H groups in total. The molecule has 0 spiro atoms. The van der Waals surface area contributed by atoms with Gasteiger partial charge in [-0.15, -0.1) is 0 Å². The van der Waals surface area contributed by atoms with Crippen LogP contribution in [0.3, 0.4) is 0 Å². The highest BCUT2D eigenvalue weighted by Crippen LogP contribution is 2.18. The zero-order valence-electron chi connectivity index (χ0n) is 7.56. The maximum Gasteiger partial charge on any atom is 0.0499 e. The molecular formula is C10H12ClN. The van der Waals surface area contributed by atoms with Crippen molar-refractivity contribution in [2.24, 2.45) is 4.99 Å². The number of hydrogen-bond acceptors (Lipinski definition) is 1. The lowest BCUT2D eigenvalue weighted by Gasteiger charge is -2.03. The van der Waals surface area contributed by atoms with Crippen molar-refractivity contribution in [2.75, 3.05) is 7.05 Å². The predicted octanol–water partition coefficient (Wildman–Crippen LogP) is 3.09. The molecule has 1 nitrogen and oxygen atoms in total. The fourth-order valence-corrected chi connectivity index (χ4v) is 1.41. The average Bonchev–Trinajstić information content (AvgIpc) is 2.03. The Hall–Kier alpha value is -0.820. The van der Waals surface area contributed by atoms with Crippen molar-refractivity contribution >= 4 is 17.3 Å². The standard InChI is InChI=1S/C10H12ClN/c1-7-4-5-9(8(2)12-3)10(11)6-7/h4-6H,1-3H3. The van der Waals surface area contributed by atoms with Crippen molar-refractivity contribution in [3.05, 3.63) is 34.3 Å². The lowest BCUT2D eigenvalue weighted by molar-refractivity contribution is 1.39. The molecule has 0 radical (unpaired) electrons. The fraction of sp³-hybridized carbons (Fsp3) is 0.300. The van der Waals surface area contributed by atoms with Gasteiger partial charge in [-0.05, 0) is 25.5 Å². The summed E-state index contributed by atoms with van der Waals surface area (Å²) in [5.74, 6) is 0. The first-order valence-electron chi connectivity index (χ1n) is 3.85. The minimum atomic E-state index is 0.776. The number of benzene rings is 1. The Morgan fingerprint density at radius 3 is 2.58 bits per heavy atom. The van der Waals surface area contributed by atoms with Crippen molar-refractivity contribution in [1.29, 1.82) is 0 Å². The number of rotatable bonds is 1. The molecule has 0 atom stereocenters. The van der Waals surface area contributed by atoms with Crippen LogP contribution in [0.5, 0.6) is 0 Å². The van der Waals surface area contributed by atoms with Crippen LogP contribution in [0.1, 0.15) is 18.1 Å². The third-order valence-corrected chi connectivity index (χ3v) is 2.16. The molecule has 1 aromatic carbocycles. The van der Waals surface area contributed by atoms with Crippen molar-refractivity contribution in [3.8, 4) is 0 Å². The third-order valence-electron chi connectivity index (χ3n) is 1.85. The summed E-state index contributed by atoms with van der Waals surface area (Å²) in [5.41, 5.74) is 3.16. The fourth-order valence-electron chi connectivity index (χ4n) is 1.03. The molecule has 0 saturated heterocycles. The first-order valence-corrected chi connectivity index (χ1v) is 4.23. The molecule has 0 heterocycles. The van der Waals surface area contributed by atoms with Gasteiger partial charge in [0.25, 0.3) is 0 Å². The van der Waals surface area contributed by atoms with Crippen LogP contribution in [0.25, 0.3) is 0 Å². The van der Waals surface area contributed by atoms with Crippen molar-refractivity contribution in [3.63, 3.8) is 0 Å². The van der Waals surface area contributed by atoms with Crippen LogP contribution in [-0.2, 0) is 0 Å². The van der Waals surface area contributed by atoms with Gasteiger partial charge in [-0.3, -0.25) is 4.99 Å². The Morgan fingerprint density at radius 2 is 2.08 bits per heavy atom. The topological polar surface area (TPSA) is 12.4 Å². The molecule has 0 aliphatic carbocycles. The van der Waals surface area contributed by atoms with E-state index in [4.69, 9.17) is 11.6 Å². The number of nitrogens with zero attached hydrogens (tertiary/aromatic N) is 1. The van der Waals surface area contributed by atoms with Gasteiger partial charge < -0.3 is 0 Å². The van der Waals surface area contributed by atoms with Gasteiger partial charge in [-0.25, -0.2) is 0 Å². The van der Waals surface area contributed by atoms with Gasteiger partial charge in [0.1, 0.15) is 0 Å². The van der Waals surface area contributed by atoms with Crippen molar-refractivity contribution in [1.82, 2.24) is 0 Å². The van der Waals surface area contributed by atoms with Crippen LogP contribution in [0, 0.1) is 6.92 Å². The SMILES string of the molecule is CN=C(C)c1ccc(C)cc1Cl. The lowest BCUT2D eigenvalue weighted by atomic mass is 10.1. The minimum absolute atomic E-state index is 0.776. The molecule has 1 rings (SSSR count). The molecule has 0 aliphatic heterocycles. The Bertz CT molecular complexity index is 316. The Kier molecular flexibility index (Phi) is 2.88. The monoisotopic (exact) mass is 181 g/mol. The van der Waals surface area contributed by atoms with E-state index in [9.17, 15) is 0 Å². The second-order valence-corrected chi connectivity index (χ2v) is 3.20. The molecule has 64 valence electrons. The highest BCUT2D eigenvalue weighted by molar-refractivity contribution is 6.34. The minimum Gasteiger partial charge on any atom is -0.293 e. The van der Waals surface area contributed by atoms with E-state index >= 15 is 0 Å². The maximum atomic E-state index is 6.02. The molecule has 2 heteroatoms. The second-order valence-electron chi connectivity index (χ2n) is 2.79. The first kappa shape index (κ1) is 9.27. The van der Waals surface area contributed by atoms with Gasteiger partial charge in [0.2, 0.25) is 0 Å². The van der Waals surface area contributed by atoms with Crippen LogP contribution < -0.4 is 0 Å². The van der Waals surface area contributed by atoms with Crippen LogP contribution >= 0.6 is 11.6 Å². The van der Waals surface area contributed by atoms with E-state index in [-0.39, 0.29) is 0 Å². The van der Waals surface area contributed by atoms with Crippen LogP contribution in [0.2, 0.25) is 5.02 Å². The zero-order valence-corrected chi connectivity index (χ0v) is 8.31. The number of aryl methyl sites for hydroxylation is 1. The number of hydrogen-bond donors (Lipinski definition) is 0. The Balaban J connectivity index is 3.18. The largest absolute Gasteiger partial charge is 0.293 e. The van der Waals surface area contributed by atoms with Crippen LogP contribution in [0.15, 0.2) is 23.2 Å². The van der Waals surface area contributed by atoms with Gasteiger partial charge in [0, 0.05) is 23.3 Å². The van der Waals surface area contributed by atoms with E-state index < -0.39 is 0 Å². The summed E-state index contributed by atoms with van der Waals surface area (Å²) in [4.78, 5) is 4.08. The molecular weight excluding hydrogens is 170 g/mol. The molecule has 0 amide bonds. The number of aliphatic imine (C=N–C) groups is 1. The summed E-state index contributed by atoms with van der Waals surface area (Å²) in [6.45, 7) is 3.98. The van der Waals surface area contributed by atoms with Crippen molar-refractivity contribution < 1.29 is 0 Å². The lowest BCUT2D eigenvalue weighted by Crippen LogP contribution is -1.95. The van der Waals surface area contributed by atoms with E-state index in [1.165, 1.54) is 5.56 Å². The summed E-state index contributed by atoms with van der Waals surface area (Å²) in [6, 6.07) is 5.99. The Labute approximate surface area is 78.1 Å². The summed E-state index contributed by atoms with van der Waals surface area (Å²) in [6.07, 6.45) is 0. The van der Waals surface area contributed by atoms with E-state index in [2.05, 4.69) is 4.99 Å². The van der Waals surface area contributed by atoms with Gasteiger partial charge >= 0.3 is 0 Å². The van der Waals surface area contributed by atoms with Crippen LogP contribution in [-0.4, -0.2) is 12.8 Å². The quantitative estimate of drug-likeness (QED) is 0.591. The Morgan fingerprint density at radius 1 is 1.42 bits per heavy atom. The van der Waals surface area contributed by atoms with E-state index in [0.29, 0.717) is 0 Å². The van der Waals surface area contributed by atoms with Crippen LogP contribution in [0.4, 0.5) is 0 Å². The third kappa shape index (κ3) is 1.86. The van der Waals surface area contributed by atoms with Crippen molar-refractivity contribution in [2.45, 2.75) is 13.8 Å². The van der Waals surface area contributed by atoms with E-state index in [1.807, 2.05) is 32.0 Å². The molecule has 12 heavy (non-hydrogen) atoms. The molecule has 0 aliphatic rings. The molecule has 0 saturated carbocycles. The molecule has 0 unspecified atom stereocenters. The first-order chi connectivity index (χ1) is 5.65. The van der Waals surface area contributed by atoms with E-state index in [1.54, 1.807) is 7.05 Å². The summed E-state index contributed by atoms with van der Waals surface area (Å²) in [7, 11) is 1.77. The maximum absolute atomic E-state index is 6.02. The average molecular weight is 182 g/mol. The second kappa shape index (κ2) is 3.72. The van der Waals surface area contributed by atoms with E-state index in [0.717, 1.165) is 16.3 Å². The van der Waals surface area contributed by atoms with Gasteiger partial charge in [-0.1, -0.05) is 23.7 Å². The normalized spacial score (nSPS) is 11.8. The highest BCUT2D eigenvalue weighted by atomic mass is 35.5. The van der Waals surface area contributed by atoms with Gasteiger partial charge in [0.05, 0.1) is 0 Å².